The van der Waals surface area contributed by atoms with Gasteiger partial charge in [0.05, 0.1) is 17.3 Å². The van der Waals surface area contributed by atoms with Crippen molar-refractivity contribution in [3.05, 3.63) is 82.7 Å². The minimum Gasteiger partial charge on any atom is -0.457 e. The SMILES string of the molecule is O=C(NC1CC2CCC1C/C2=C\c1cccc(Oc2ccc(C(F)(F)F)cc2)c1)c1cn[nH]c1C(F)(F)F. The topological polar surface area (TPSA) is 67.0 Å². The molecule has 3 aromatic rings. The van der Waals surface area contributed by atoms with Crippen molar-refractivity contribution in [2.75, 3.05) is 0 Å². The second-order valence-corrected chi connectivity index (χ2v) is 9.63. The molecule has 1 heterocycles. The molecular weight excluding hydrogens is 512 g/mol. The normalized spacial score (nSPS) is 22.5. The Balaban J connectivity index is 1.25. The Morgan fingerprint density at radius 1 is 1.00 bits per heavy atom. The lowest BCUT2D eigenvalue weighted by atomic mass is 9.65. The number of nitrogens with one attached hydrogen (secondary N) is 2. The van der Waals surface area contributed by atoms with Gasteiger partial charge in [0, 0.05) is 6.04 Å². The fourth-order valence-electron chi connectivity index (χ4n) is 5.29. The van der Waals surface area contributed by atoms with Crippen molar-refractivity contribution >= 4 is 12.0 Å². The zero-order valence-electron chi connectivity index (χ0n) is 19.9. The van der Waals surface area contributed by atoms with Crippen LogP contribution < -0.4 is 10.1 Å². The third-order valence-corrected chi connectivity index (χ3v) is 7.13. The molecule has 3 aliphatic carbocycles. The van der Waals surface area contributed by atoms with Crippen molar-refractivity contribution in [2.45, 2.75) is 44.1 Å². The fraction of sp³-hybridized carbons (Fsp3) is 0.333. The molecule has 3 saturated carbocycles. The summed E-state index contributed by atoms with van der Waals surface area (Å²) in [4.78, 5) is 12.6. The Hall–Kier alpha value is -3.76. The van der Waals surface area contributed by atoms with E-state index in [0.29, 0.717) is 18.6 Å². The first kappa shape index (κ1) is 25.9. The lowest BCUT2D eigenvalue weighted by Crippen LogP contribution is -2.48. The molecule has 3 atom stereocenters. The molecule has 0 radical (unpaired) electrons. The van der Waals surface area contributed by atoms with E-state index in [4.69, 9.17) is 4.74 Å². The smallest absolute Gasteiger partial charge is 0.433 e. The number of fused-ring (bicyclic) bond motifs is 3. The lowest BCUT2D eigenvalue weighted by Gasteiger charge is -2.44. The number of rotatable bonds is 5. The minimum absolute atomic E-state index is 0.100. The predicted molar refractivity (Wildman–Crippen MR) is 126 cm³/mol. The number of alkyl halides is 6. The monoisotopic (exact) mass is 535 g/mol. The summed E-state index contributed by atoms with van der Waals surface area (Å²) in [5.41, 5.74) is -0.367. The molecule has 1 amide bonds. The maximum Gasteiger partial charge on any atom is 0.433 e. The van der Waals surface area contributed by atoms with E-state index in [9.17, 15) is 31.1 Å². The molecule has 0 saturated heterocycles. The maximum atomic E-state index is 13.1. The average Bonchev–Trinajstić information content (AvgIpc) is 3.36. The second-order valence-electron chi connectivity index (χ2n) is 9.63. The van der Waals surface area contributed by atoms with Crippen LogP contribution in [0.1, 0.15) is 52.9 Å². The molecule has 2 bridgehead atoms. The van der Waals surface area contributed by atoms with E-state index in [1.165, 1.54) is 17.7 Å². The van der Waals surface area contributed by atoms with Gasteiger partial charge < -0.3 is 10.1 Å². The molecule has 200 valence electrons. The van der Waals surface area contributed by atoms with Gasteiger partial charge in [0.2, 0.25) is 0 Å². The molecule has 3 unspecified atom stereocenters. The number of ether oxygens (including phenoxy) is 1. The number of carbonyl (C=O) groups is 1. The summed E-state index contributed by atoms with van der Waals surface area (Å²) in [5, 5.41) is 8.03. The summed E-state index contributed by atoms with van der Waals surface area (Å²) in [7, 11) is 0. The second kappa shape index (κ2) is 9.85. The van der Waals surface area contributed by atoms with Crippen LogP contribution in [-0.4, -0.2) is 22.1 Å². The standard InChI is InChI=1S/C27H23F6N3O2/c28-26(29,30)19-6-8-20(9-7-19)38-21-3-1-2-15(11-21)10-18-12-17-5-4-16(18)13-23(17)35-25(37)22-14-34-36-24(22)27(31,32)33/h1-3,6-11,14,16-17,23H,4-5,12-13H2,(H,34,36)(H,35,37)/b18-10+. The number of carbonyl (C=O) groups excluding carboxylic acids is 1. The molecule has 2 aromatic carbocycles. The number of amides is 1. The largest absolute Gasteiger partial charge is 0.457 e. The first-order valence-electron chi connectivity index (χ1n) is 12.0. The molecule has 3 aliphatic rings. The van der Waals surface area contributed by atoms with Crippen LogP contribution in [0, 0.1) is 11.8 Å². The number of allylic oxidation sites excluding steroid dienone is 1. The zero-order valence-corrected chi connectivity index (χ0v) is 19.9. The van der Waals surface area contributed by atoms with Crippen LogP contribution in [0.2, 0.25) is 0 Å². The number of hydrogen-bond acceptors (Lipinski definition) is 3. The molecule has 11 heteroatoms. The van der Waals surface area contributed by atoms with Crippen LogP contribution in [0.5, 0.6) is 11.5 Å². The van der Waals surface area contributed by atoms with E-state index in [1.54, 1.807) is 18.2 Å². The molecule has 38 heavy (non-hydrogen) atoms. The van der Waals surface area contributed by atoms with Gasteiger partial charge in [0.1, 0.15) is 11.5 Å². The molecule has 0 spiro atoms. The van der Waals surface area contributed by atoms with E-state index in [1.807, 2.05) is 17.2 Å². The van der Waals surface area contributed by atoms with Gasteiger partial charge in [-0.2, -0.15) is 31.4 Å². The average molecular weight is 535 g/mol. The van der Waals surface area contributed by atoms with Crippen LogP contribution in [0.15, 0.2) is 60.3 Å². The van der Waals surface area contributed by atoms with Crippen molar-refractivity contribution in [3.8, 4) is 11.5 Å². The Morgan fingerprint density at radius 3 is 2.42 bits per heavy atom. The van der Waals surface area contributed by atoms with Crippen LogP contribution in [-0.2, 0) is 12.4 Å². The minimum atomic E-state index is -4.70. The molecule has 1 aromatic heterocycles. The fourth-order valence-corrected chi connectivity index (χ4v) is 5.29. The van der Waals surface area contributed by atoms with Gasteiger partial charge in [-0.05, 0) is 79.5 Å². The quantitative estimate of drug-likeness (QED) is 0.339. The first-order chi connectivity index (χ1) is 18.0. The highest BCUT2D eigenvalue weighted by Gasteiger charge is 2.41. The predicted octanol–water partition coefficient (Wildman–Crippen LogP) is 7.24. The van der Waals surface area contributed by atoms with Crippen molar-refractivity contribution in [3.63, 3.8) is 0 Å². The van der Waals surface area contributed by atoms with Crippen LogP contribution in [0.3, 0.4) is 0 Å². The van der Waals surface area contributed by atoms with Crippen molar-refractivity contribution in [1.82, 2.24) is 15.5 Å². The van der Waals surface area contributed by atoms with E-state index >= 15 is 0 Å². The molecular formula is C27H23F6N3O2. The van der Waals surface area contributed by atoms with Gasteiger partial charge in [-0.3, -0.25) is 9.89 Å². The Labute approximate surface area is 213 Å². The molecule has 2 N–H and O–H groups in total. The summed E-state index contributed by atoms with van der Waals surface area (Å²) >= 11 is 0. The Kier molecular flexibility index (Phi) is 6.70. The number of aromatic nitrogens is 2. The number of H-pyrrole nitrogens is 1. The van der Waals surface area contributed by atoms with E-state index in [2.05, 4.69) is 10.4 Å². The Bertz CT molecular complexity index is 1340. The Morgan fingerprint density at radius 2 is 1.76 bits per heavy atom. The third-order valence-electron chi connectivity index (χ3n) is 7.13. The van der Waals surface area contributed by atoms with Gasteiger partial charge in [0.25, 0.3) is 5.91 Å². The number of hydrogen-bond donors (Lipinski definition) is 2. The van der Waals surface area contributed by atoms with Crippen LogP contribution >= 0.6 is 0 Å². The van der Waals surface area contributed by atoms with Gasteiger partial charge in [-0.1, -0.05) is 23.8 Å². The van der Waals surface area contributed by atoms with E-state index < -0.39 is 35.1 Å². The van der Waals surface area contributed by atoms with Gasteiger partial charge in [0.15, 0.2) is 5.69 Å². The van der Waals surface area contributed by atoms with Gasteiger partial charge in [-0.25, -0.2) is 0 Å². The maximum absolute atomic E-state index is 13.1. The summed E-state index contributed by atoms with van der Waals surface area (Å²) in [6.07, 6.45) is -3.06. The zero-order chi connectivity index (χ0) is 27.1. The number of halogens is 6. The first-order valence-corrected chi connectivity index (χ1v) is 12.0. The molecule has 6 rings (SSSR count). The highest BCUT2D eigenvalue weighted by Crippen LogP contribution is 2.46. The van der Waals surface area contributed by atoms with Crippen molar-refractivity contribution in [2.24, 2.45) is 11.8 Å². The summed E-state index contributed by atoms with van der Waals surface area (Å²) < 4.78 is 83.5. The van der Waals surface area contributed by atoms with Crippen molar-refractivity contribution < 1.29 is 35.9 Å². The summed E-state index contributed by atoms with van der Waals surface area (Å²) in [6.45, 7) is 0. The van der Waals surface area contributed by atoms with Gasteiger partial charge >= 0.3 is 12.4 Å². The van der Waals surface area contributed by atoms with Crippen molar-refractivity contribution in [1.29, 1.82) is 0 Å². The summed E-state index contributed by atoms with van der Waals surface area (Å²) in [5.74, 6) is 0.247. The highest BCUT2D eigenvalue weighted by atomic mass is 19.4. The molecule has 0 aliphatic heterocycles. The van der Waals surface area contributed by atoms with E-state index in [-0.39, 0.29) is 23.6 Å². The van der Waals surface area contributed by atoms with Crippen LogP contribution in [0.4, 0.5) is 26.3 Å². The number of aromatic amines is 1. The molecule has 3 fully saturated rings. The number of benzene rings is 2. The number of nitrogens with zero attached hydrogens (tertiary/aromatic N) is 1. The third kappa shape index (κ3) is 5.56. The summed E-state index contributed by atoms with van der Waals surface area (Å²) in [6, 6.07) is 11.4. The van der Waals surface area contributed by atoms with E-state index in [0.717, 1.165) is 36.7 Å². The lowest BCUT2D eigenvalue weighted by molar-refractivity contribution is -0.141. The van der Waals surface area contributed by atoms with Crippen LogP contribution in [0.25, 0.3) is 6.08 Å². The highest BCUT2D eigenvalue weighted by molar-refractivity contribution is 5.95. The van der Waals surface area contributed by atoms with Gasteiger partial charge in [-0.15, -0.1) is 0 Å². The molecule has 5 nitrogen and oxygen atoms in total.